The first kappa shape index (κ1) is 26.2. The van der Waals surface area contributed by atoms with E-state index < -0.39 is 5.97 Å². The lowest BCUT2D eigenvalue weighted by Gasteiger charge is -2.09. The third-order valence-corrected chi connectivity index (χ3v) is 5.23. The monoisotopic (exact) mass is 382 g/mol. The largest absolute Gasteiger partial charge is 0.481 e. The molecule has 3 nitrogen and oxygen atoms in total. The summed E-state index contributed by atoms with van der Waals surface area (Å²) >= 11 is 0. The molecule has 0 fully saturated rings. The summed E-state index contributed by atoms with van der Waals surface area (Å²) in [5, 5.41) is 18.4. The third kappa shape index (κ3) is 23.1. The maximum absolute atomic E-state index is 10.4. The summed E-state index contributed by atoms with van der Waals surface area (Å²) in [6, 6.07) is 0. The molecule has 2 N–H and O–H groups in total. The van der Waals surface area contributed by atoms with Gasteiger partial charge in [-0.05, 0) is 44.9 Å². The van der Waals surface area contributed by atoms with Crippen LogP contribution in [0.25, 0.3) is 0 Å². The van der Waals surface area contributed by atoms with Crippen LogP contribution < -0.4 is 0 Å². The van der Waals surface area contributed by atoms with Crippen molar-refractivity contribution < 1.29 is 15.0 Å². The van der Waals surface area contributed by atoms with Crippen molar-refractivity contribution in [2.75, 3.05) is 0 Å². The van der Waals surface area contributed by atoms with E-state index in [0.717, 1.165) is 12.8 Å². The molecule has 0 spiro atoms. The van der Waals surface area contributed by atoms with Gasteiger partial charge in [0.15, 0.2) is 0 Å². The molecular formula is C24H46O3. The van der Waals surface area contributed by atoms with Gasteiger partial charge in [-0.1, -0.05) is 89.7 Å². The van der Waals surface area contributed by atoms with Gasteiger partial charge in [-0.25, -0.2) is 0 Å². The van der Waals surface area contributed by atoms with Crippen molar-refractivity contribution in [3.63, 3.8) is 0 Å². The Morgan fingerprint density at radius 2 is 1.15 bits per heavy atom. The number of rotatable bonds is 21. The molecule has 0 saturated carbocycles. The van der Waals surface area contributed by atoms with Crippen LogP contribution in [0.2, 0.25) is 0 Å². The lowest BCUT2D eigenvalue weighted by atomic mass is 10.0. The summed E-state index contributed by atoms with van der Waals surface area (Å²) in [5.74, 6) is -0.768. The number of hydrogen-bond acceptors (Lipinski definition) is 2. The van der Waals surface area contributed by atoms with Crippen LogP contribution in [0.3, 0.4) is 0 Å². The van der Waals surface area contributed by atoms with Gasteiger partial charge >= 0.3 is 5.97 Å². The number of allylic oxidation sites excluding steroid dienone is 2. The van der Waals surface area contributed by atoms with Gasteiger partial charge in [0.1, 0.15) is 0 Å². The highest BCUT2D eigenvalue weighted by Crippen LogP contribution is 2.13. The van der Waals surface area contributed by atoms with Crippen LogP contribution in [0.15, 0.2) is 12.2 Å². The van der Waals surface area contributed by atoms with Gasteiger partial charge in [-0.3, -0.25) is 4.79 Å². The quantitative estimate of drug-likeness (QED) is 0.160. The van der Waals surface area contributed by atoms with E-state index >= 15 is 0 Å². The SMILES string of the molecule is CCCCCCCC/C=C\CCCCCCCCCC(O)CCCC(=O)O. The molecule has 1 unspecified atom stereocenters. The van der Waals surface area contributed by atoms with Crippen molar-refractivity contribution in [3.05, 3.63) is 12.2 Å². The first-order valence-corrected chi connectivity index (χ1v) is 11.7. The Bertz CT molecular complexity index is 339. The lowest BCUT2D eigenvalue weighted by Crippen LogP contribution is -2.07. The molecular weight excluding hydrogens is 336 g/mol. The number of aliphatic carboxylic acids is 1. The molecule has 0 saturated heterocycles. The molecule has 3 heteroatoms. The van der Waals surface area contributed by atoms with Crippen LogP contribution in [0.1, 0.15) is 129 Å². The lowest BCUT2D eigenvalue weighted by molar-refractivity contribution is -0.137. The fraction of sp³-hybridized carbons (Fsp3) is 0.875. The molecule has 0 aliphatic rings. The van der Waals surface area contributed by atoms with Crippen molar-refractivity contribution in [2.45, 2.75) is 135 Å². The Labute approximate surface area is 168 Å². The van der Waals surface area contributed by atoms with E-state index in [2.05, 4.69) is 19.1 Å². The second-order valence-corrected chi connectivity index (χ2v) is 8.02. The van der Waals surface area contributed by atoms with Crippen LogP contribution >= 0.6 is 0 Å². The Balaban J connectivity index is 3.18. The van der Waals surface area contributed by atoms with Crippen molar-refractivity contribution in [3.8, 4) is 0 Å². The van der Waals surface area contributed by atoms with E-state index in [1.807, 2.05) is 0 Å². The topological polar surface area (TPSA) is 57.5 Å². The van der Waals surface area contributed by atoms with Gasteiger partial charge in [-0.15, -0.1) is 0 Å². The minimum Gasteiger partial charge on any atom is -0.481 e. The number of hydrogen-bond donors (Lipinski definition) is 2. The zero-order valence-electron chi connectivity index (χ0n) is 18.0. The Hall–Kier alpha value is -0.830. The fourth-order valence-electron chi connectivity index (χ4n) is 3.44. The molecule has 0 heterocycles. The Morgan fingerprint density at radius 1 is 0.704 bits per heavy atom. The number of aliphatic hydroxyl groups excluding tert-OH is 1. The molecule has 0 aromatic carbocycles. The Morgan fingerprint density at radius 3 is 1.67 bits per heavy atom. The van der Waals surface area contributed by atoms with E-state index in [1.165, 1.54) is 89.9 Å². The van der Waals surface area contributed by atoms with E-state index in [1.54, 1.807) is 0 Å². The van der Waals surface area contributed by atoms with E-state index in [-0.39, 0.29) is 12.5 Å². The predicted octanol–water partition coefficient (Wildman–Crippen LogP) is 7.42. The van der Waals surface area contributed by atoms with Crippen LogP contribution in [0.5, 0.6) is 0 Å². The summed E-state index contributed by atoms with van der Waals surface area (Å²) in [6.07, 6.45) is 26.2. The number of unbranched alkanes of at least 4 members (excludes halogenated alkanes) is 13. The summed E-state index contributed by atoms with van der Waals surface area (Å²) in [6.45, 7) is 2.27. The fourth-order valence-corrected chi connectivity index (χ4v) is 3.44. The molecule has 1 atom stereocenters. The van der Waals surface area contributed by atoms with Gasteiger partial charge in [0, 0.05) is 6.42 Å². The molecule has 0 rings (SSSR count). The second kappa shape index (κ2) is 21.5. The number of aliphatic hydroxyl groups is 1. The standard InChI is InChI=1S/C24H46O3/c1-2-3-4-5-6-7-8-9-10-11-12-13-14-15-16-17-18-20-23(25)21-19-22-24(26)27/h9-10,23,25H,2-8,11-22H2,1H3,(H,26,27)/b10-9-. The normalized spacial score (nSPS) is 12.7. The first-order valence-electron chi connectivity index (χ1n) is 11.7. The summed E-state index contributed by atoms with van der Waals surface area (Å²) in [4.78, 5) is 10.4. The van der Waals surface area contributed by atoms with E-state index in [0.29, 0.717) is 12.8 Å². The highest BCUT2D eigenvalue weighted by atomic mass is 16.4. The zero-order chi connectivity index (χ0) is 20.0. The van der Waals surface area contributed by atoms with Crippen LogP contribution in [0, 0.1) is 0 Å². The molecule has 0 bridgehead atoms. The van der Waals surface area contributed by atoms with Gasteiger partial charge in [0.2, 0.25) is 0 Å². The molecule has 0 radical (unpaired) electrons. The molecule has 0 aromatic heterocycles. The highest BCUT2D eigenvalue weighted by Gasteiger charge is 2.05. The number of carboxylic acid groups (broad SMARTS) is 1. The minimum atomic E-state index is -0.768. The molecule has 160 valence electrons. The highest BCUT2D eigenvalue weighted by molar-refractivity contribution is 5.66. The average Bonchev–Trinajstić information content (AvgIpc) is 2.64. The third-order valence-electron chi connectivity index (χ3n) is 5.23. The van der Waals surface area contributed by atoms with E-state index in [4.69, 9.17) is 5.11 Å². The number of carbonyl (C=O) groups is 1. The molecule has 0 aromatic rings. The summed E-state index contributed by atoms with van der Waals surface area (Å²) in [5.41, 5.74) is 0. The maximum atomic E-state index is 10.4. The van der Waals surface area contributed by atoms with Gasteiger partial charge in [-0.2, -0.15) is 0 Å². The zero-order valence-corrected chi connectivity index (χ0v) is 18.0. The molecule has 27 heavy (non-hydrogen) atoms. The van der Waals surface area contributed by atoms with Crippen molar-refractivity contribution in [1.82, 2.24) is 0 Å². The molecule has 0 amide bonds. The molecule has 0 aliphatic carbocycles. The van der Waals surface area contributed by atoms with Gasteiger partial charge in [0.05, 0.1) is 6.10 Å². The van der Waals surface area contributed by atoms with Crippen molar-refractivity contribution in [2.24, 2.45) is 0 Å². The van der Waals surface area contributed by atoms with Crippen molar-refractivity contribution >= 4 is 5.97 Å². The Kier molecular flexibility index (Phi) is 20.8. The predicted molar refractivity (Wildman–Crippen MR) is 116 cm³/mol. The minimum absolute atomic E-state index is 0.172. The van der Waals surface area contributed by atoms with Crippen LogP contribution in [0.4, 0.5) is 0 Å². The average molecular weight is 383 g/mol. The number of carboxylic acids is 1. The van der Waals surface area contributed by atoms with Crippen molar-refractivity contribution in [1.29, 1.82) is 0 Å². The second-order valence-electron chi connectivity index (χ2n) is 8.02. The molecule has 0 aliphatic heterocycles. The van der Waals surface area contributed by atoms with Gasteiger partial charge in [0.25, 0.3) is 0 Å². The first-order chi connectivity index (χ1) is 13.2. The maximum Gasteiger partial charge on any atom is 0.303 e. The smallest absolute Gasteiger partial charge is 0.303 e. The van der Waals surface area contributed by atoms with Gasteiger partial charge < -0.3 is 10.2 Å². The summed E-state index contributed by atoms with van der Waals surface area (Å²) < 4.78 is 0. The summed E-state index contributed by atoms with van der Waals surface area (Å²) in [7, 11) is 0. The van der Waals surface area contributed by atoms with E-state index in [9.17, 15) is 9.90 Å². The van der Waals surface area contributed by atoms with Crippen LogP contribution in [-0.2, 0) is 4.79 Å². The van der Waals surface area contributed by atoms with Crippen LogP contribution in [-0.4, -0.2) is 22.3 Å².